The van der Waals surface area contributed by atoms with Crippen LogP contribution in [0.3, 0.4) is 0 Å². The van der Waals surface area contributed by atoms with Crippen molar-refractivity contribution in [1.29, 1.82) is 0 Å². The van der Waals surface area contributed by atoms with Crippen molar-refractivity contribution in [1.82, 2.24) is 0 Å². The van der Waals surface area contributed by atoms with Crippen molar-refractivity contribution >= 4 is 40.8 Å². The molecule has 0 atom stereocenters. The van der Waals surface area contributed by atoms with Gasteiger partial charge in [0.2, 0.25) is 5.75 Å². The van der Waals surface area contributed by atoms with Crippen molar-refractivity contribution in [3.63, 3.8) is 0 Å². The van der Waals surface area contributed by atoms with Gasteiger partial charge in [-0.25, -0.2) is 0 Å². The van der Waals surface area contributed by atoms with Crippen LogP contribution in [0.5, 0.6) is 11.5 Å². The molecule has 5 nitrogen and oxygen atoms in total. The Balaban J connectivity index is 1.93. The number of nitrogens with zero attached hydrogens (tertiary/aromatic N) is 2. The van der Waals surface area contributed by atoms with Crippen molar-refractivity contribution in [2.45, 2.75) is 13.1 Å². The Hall–Kier alpha value is -3.10. The average molecular weight is 469 g/mol. The highest BCUT2D eigenvalue weighted by molar-refractivity contribution is 6.37. The summed E-state index contributed by atoms with van der Waals surface area (Å²) >= 11 is 12.4. The first kappa shape index (κ1) is 22.6. The summed E-state index contributed by atoms with van der Waals surface area (Å²) in [5, 5.41) is 11.3. The van der Waals surface area contributed by atoms with Gasteiger partial charge in [-0.2, -0.15) is 13.2 Å². The smallest absolute Gasteiger partial charge is 0.416 e. The average Bonchev–Trinajstić information content (AvgIpc) is 2.69. The Morgan fingerprint density at radius 3 is 2.29 bits per heavy atom. The minimum absolute atomic E-state index is 0.00734. The third kappa shape index (κ3) is 5.34. The maximum absolute atomic E-state index is 12.9. The molecule has 31 heavy (non-hydrogen) atoms. The van der Waals surface area contributed by atoms with Crippen LogP contribution in [0, 0.1) is 17.0 Å². The van der Waals surface area contributed by atoms with Gasteiger partial charge >= 0.3 is 11.9 Å². The van der Waals surface area contributed by atoms with Crippen molar-refractivity contribution in [2.24, 2.45) is 4.99 Å². The number of halogens is 5. The standard InChI is InChI=1S/C21H13Cl2F3N2O3/c1-12-4-2-3-5-17(12)27-11-13-8-15(22)20(16(23)9-13)31-19-7-6-14(21(24,25)26)10-18(19)28(29)30/h2-11H,1H3. The highest BCUT2D eigenvalue weighted by atomic mass is 35.5. The van der Waals surface area contributed by atoms with Gasteiger partial charge in [0.25, 0.3) is 0 Å². The zero-order valence-corrected chi connectivity index (χ0v) is 17.3. The van der Waals surface area contributed by atoms with Crippen molar-refractivity contribution in [2.75, 3.05) is 0 Å². The van der Waals surface area contributed by atoms with Crippen LogP contribution >= 0.6 is 23.2 Å². The maximum atomic E-state index is 12.9. The van der Waals surface area contributed by atoms with Gasteiger partial charge in [-0.1, -0.05) is 41.4 Å². The minimum atomic E-state index is -4.74. The minimum Gasteiger partial charge on any atom is -0.447 e. The second-order valence-electron chi connectivity index (χ2n) is 6.40. The quantitative estimate of drug-likeness (QED) is 0.218. The Morgan fingerprint density at radius 1 is 1.06 bits per heavy atom. The van der Waals surface area contributed by atoms with E-state index in [2.05, 4.69) is 4.99 Å². The van der Waals surface area contributed by atoms with E-state index in [1.54, 1.807) is 0 Å². The van der Waals surface area contributed by atoms with Crippen LogP contribution in [-0.4, -0.2) is 11.1 Å². The molecule has 0 N–H and O–H groups in total. The van der Waals surface area contributed by atoms with E-state index < -0.39 is 28.1 Å². The number of aryl methyl sites for hydroxylation is 1. The molecule has 0 aliphatic heterocycles. The normalized spacial score (nSPS) is 11.7. The third-order valence-electron chi connectivity index (χ3n) is 4.18. The highest BCUT2D eigenvalue weighted by Gasteiger charge is 2.33. The summed E-state index contributed by atoms with van der Waals surface area (Å²) in [5.74, 6) is -0.553. The molecular weight excluding hydrogens is 456 g/mol. The van der Waals surface area contributed by atoms with Crippen LogP contribution in [0.4, 0.5) is 24.5 Å². The molecule has 0 heterocycles. The molecule has 0 radical (unpaired) electrons. The van der Waals surface area contributed by atoms with Gasteiger partial charge in [0.1, 0.15) is 0 Å². The van der Waals surface area contributed by atoms with E-state index in [0.717, 1.165) is 17.3 Å². The van der Waals surface area contributed by atoms with Crippen LogP contribution < -0.4 is 4.74 Å². The molecule has 0 saturated carbocycles. The van der Waals surface area contributed by atoms with Gasteiger partial charge < -0.3 is 4.74 Å². The lowest BCUT2D eigenvalue weighted by atomic mass is 10.1. The maximum Gasteiger partial charge on any atom is 0.416 e. The molecule has 3 rings (SSSR count). The van der Waals surface area contributed by atoms with Gasteiger partial charge in [-0.05, 0) is 48.4 Å². The van der Waals surface area contributed by atoms with E-state index in [-0.39, 0.29) is 15.8 Å². The molecule has 160 valence electrons. The highest BCUT2D eigenvalue weighted by Crippen LogP contribution is 2.42. The molecule has 3 aromatic carbocycles. The zero-order valence-electron chi connectivity index (χ0n) is 15.8. The molecule has 0 bridgehead atoms. The molecule has 0 aliphatic rings. The number of alkyl halides is 3. The first-order chi connectivity index (χ1) is 14.6. The predicted molar refractivity (Wildman–Crippen MR) is 113 cm³/mol. The fourth-order valence-corrected chi connectivity index (χ4v) is 3.22. The fourth-order valence-electron chi connectivity index (χ4n) is 2.64. The molecule has 0 amide bonds. The molecule has 0 spiro atoms. The largest absolute Gasteiger partial charge is 0.447 e. The van der Waals surface area contributed by atoms with Gasteiger partial charge in [0, 0.05) is 12.3 Å². The van der Waals surface area contributed by atoms with E-state index in [4.69, 9.17) is 27.9 Å². The summed E-state index contributed by atoms with van der Waals surface area (Å²) in [6, 6.07) is 12.3. The van der Waals surface area contributed by atoms with E-state index >= 15 is 0 Å². The van der Waals surface area contributed by atoms with Crippen molar-refractivity contribution < 1.29 is 22.8 Å². The topological polar surface area (TPSA) is 64.7 Å². The van der Waals surface area contributed by atoms with Crippen LogP contribution in [0.2, 0.25) is 10.0 Å². The molecule has 0 aromatic heterocycles. The molecule has 0 saturated heterocycles. The first-order valence-corrected chi connectivity index (χ1v) is 9.44. The summed E-state index contributed by atoms with van der Waals surface area (Å²) in [5.41, 5.74) is 0.201. The predicted octanol–water partition coefficient (Wildman–Crippen LogP) is 7.77. The summed E-state index contributed by atoms with van der Waals surface area (Å²) < 4.78 is 44.0. The molecular formula is C21H13Cl2F3N2O3. The molecule has 10 heteroatoms. The SMILES string of the molecule is Cc1ccccc1N=Cc1cc(Cl)c(Oc2ccc(C(F)(F)F)cc2[N+](=O)[O-])c(Cl)c1. The van der Waals surface area contributed by atoms with Crippen LogP contribution in [0.15, 0.2) is 59.6 Å². The van der Waals surface area contributed by atoms with Crippen molar-refractivity contribution in [3.8, 4) is 11.5 Å². The number of benzene rings is 3. The van der Waals surface area contributed by atoms with Gasteiger partial charge in [0.15, 0.2) is 5.75 Å². The lowest BCUT2D eigenvalue weighted by Crippen LogP contribution is -2.06. The lowest BCUT2D eigenvalue weighted by molar-refractivity contribution is -0.385. The van der Waals surface area contributed by atoms with Crippen LogP contribution in [0.1, 0.15) is 16.7 Å². The van der Waals surface area contributed by atoms with E-state index in [0.29, 0.717) is 17.7 Å². The molecule has 0 unspecified atom stereocenters. The number of nitro benzene ring substituents is 1. The molecule has 0 aliphatic carbocycles. The summed E-state index contributed by atoms with van der Waals surface area (Å²) in [6.07, 6.45) is -3.21. The number of hydrogen-bond donors (Lipinski definition) is 0. The number of nitro groups is 1. The summed E-state index contributed by atoms with van der Waals surface area (Å²) in [6.45, 7) is 1.90. The Morgan fingerprint density at radius 2 is 1.71 bits per heavy atom. The van der Waals surface area contributed by atoms with Crippen LogP contribution in [0.25, 0.3) is 0 Å². The zero-order chi connectivity index (χ0) is 22.8. The van der Waals surface area contributed by atoms with Crippen molar-refractivity contribution in [3.05, 3.63) is 91.4 Å². The summed E-state index contributed by atoms with van der Waals surface area (Å²) in [7, 11) is 0. The Bertz CT molecular complexity index is 1160. The van der Waals surface area contributed by atoms with Gasteiger partial charge in [-0.3, -0.25) is 15.1 Å². The number of hydrogen-bond acceptors (Lipinski definition) is 4. The van der Waals surface area contributed by atoms with E-state index in [1.807, 2.05) is 31.2 Å². The second-order valence-corrected chi connectivity index (χ2v) is 7.21. The third-order valence-corrected chi connectivity index (χ3v) is 4.75. The lowest BCUT2D eigenvalue weighted by Gasteiger charge is -2.12. The second kappa shape index (κ2) is 8.95. The molecule has 3 aromatic rings. The summed E-state index contributed by atoms with van der Waals surface area (Å²) in [4.78, 5) is 14.6. The van der Waals surface area contributed by atoms with E-state index in [9.17, 15) is 23.3 Å². The number of rotatable bonds is 5. The Kier molecular flexibility index (Phi) is 6.52. The molecule has 0 fully saturated rings. The number of aliphatic imine (C=N–C) groups is 1. The monoisotopic (exact) mass is 468 g/mol. The van der Waals surface area contributed by atoms with E-state index in [1.165, 1.54) is 18.3 Å². The first-order valence-electron chi connectivity index (χ1n) is 8.68. The van der Waals surface area contributed by atoms with Gasteiger partial charge in [0.05, 0.1) is 26.2 Å². The Labute approximate surface area is 184 Å². The fraction of sp³-hybridized carbons (Fsp3) is 0.0952. The number of para-hydroxylation sites is 1. The van der Waals surface area contributed by atoms with Crippen LogP contribution in [-0.2, 0) is 6.18 Å². The number of ether oxygens (including phenoxy) is 1. The van der Waals surface area contributed by atoms with Gasteiger partial charge in [-0.15, -0.1) is 0 Å².